The Morgan fingerprint density at radius 3 is 1.96 bits per heavy atom. The molecule has 0 saturated heterocycles. The van der Waals surface area contributed by atoms with E-state index in [0.717, 1.165) is 5.56 Å². The minimum Gasteiger partial charge on any atom is -0.287 e. The van der Waals surface area contributed by atoms with Gasteiger partial charge >= 0.3 is 7.82 Å². The summed E-state index contributed by atoms with van der Waals surface area (Å²) in [6, 6.07) is 6.14. The average Bonchev–Trinajstić information content (AvgIpc) is 2.51. The van der Waals surface area contributed by atoms with Gasteiger partial charge in [0.15, 0.2) is 6.79 Å². The Morgan fingerprint density at radius 2 is 1.48 bits per heavy atom. The highest BCUT2D eigenvalue weighted by Gasteiger charge is 2.27. The molecule has 132 valence electrons. The maximum Gasteiger partial charge on any atom is 0.476 e. The molecule has 9 heteroatoms. The Kier molecular flexibility index (Phi) is 8.39. The fourth-order valence-corrected chi connectivity index (χ4v) is 3.51. The number of aryl methyl sites for hydroxylation is 1. The molecule has 0 radical (unpaired) electrons. The first-order valence-corrected chi connectivity index (χ1v) is 10.2. The molecule has 0 aliphatic heterocycles. The lowest BCUT2D eigenvalue weighted by Gasteiger charge is -2.17. The highest BCUT2D eigenvalue weighted by molar-refractivity contribution is 7.86. The van der Waals surface area contributed by atoms with E-state index >= 15 is 0 Å². The van der Waals surface area contributed by atoms with Gasteiger partial charge in [0.05, 0.1) is 18.1 Å². The number of hydrogen-bond donors (Lipinski definition) is 0. The Labute approximate surface area is 137 Å². The highest BCUT2D eigenvalue weighted by atomic mass is 32.2. The molecule has 7 nitrogen and oxygen atoms in total. The van der Waals surface area contributed by atoms with Crippen molar-refractivity contribution in [2.45, 2.75) is 38.5 Å². The van der Waals surface area contributed by atoms with Gasteiger partial charge in [0, 0.05) is 0 Å². The van der Waals surface area contributed by atoms with Crippen molar-refractivity contribution in [1.82, 2.24) is 0 Å². The van der Waals surface area contributed by atoms with Crippen LogP contribution in [0.3, 0.4) is 0 Å². The SMILES string of the molecule is CCCOP(=O)(OCCC)OCOS(=O)(=O)c1ccc(C)cc1. The van der Waals surface area contributed by atoms with Crippen molar-refractivity contribution >= 4 is 17.9 Å². The van der Waals surface area contributed by atoms with Crippen LogP contribution in [0.15, 0.2) is 29.2 Å². The first kappa shape index (κ1) is 20.3. The minimum atomic E-state index is -4.00. The van der Waals surface area contributed by atoms with Crippen molar-refractivity contribution in [2.75, 3.05) is 20.0 Å². The predicted molar refractivity (Wildman–Crippen MR) is 85.5 cm³/mol. The van der Waals surface area contributed by atoms with E-state index in [9.17, 15) is 13.0 Å². The second-order valence-corrected chi connectivity index (χ2v) is 8.03. The molecule has 0 aliphatic carbocycles. The van der Waals surface area contributed by atoms with Gasteiger partial charge in [0.2, 0.25) is 0 Å². The van der Waals surface area contributed by atoms with Gasteiger partial charge in [-0.2, -0.15) is 8.42 Å². The van der Waals surface area contributed by atoms with Gasteiger partial charge in [-0.15, -0.1) is 0 Å². The molecule has 0 fully saturated rings. The van der Waals surface area contributed by atoms with Crippen LogP contribution in [-0.2, 0) is 32.4 Å². The van der Waals surface area contributed by atoms with Crippen LogP contribution >= 0.6 is 7.82 Å². The van der Waals surface area contributed by atoms with Crippen molar-refractivity contribution in [3.05, 3.63) is 29.8 Å². The lowest BCUT2D eigenvalue weighted by atomic mass is 10.2. The van der Waals surface area contributed by atoms with E-state index in [4.69, 9.17) is 17.8 Å². The molecule has 0 saturated carbocycles. The second kappa shape index (κ2) is 9.52. The van der Waals surface area contributed by atoms with Crippen molar-refractivity contribution in [3.63, 3.8) is 0 Å². The number of hydrogen-bond acceptors (Lipinski definition) is 7. The Bertz CT molecular complexity index is 601. The van der Waals surface area contributed by atoms with Gasteiger partial charge < -0.3 is 0 Å². The van der Waals surface area contributed by atoms with Crippen LogP contribution in [0.1, 0.15) is 32.3 Å². The van der Waals surface area contributed by atoms with Crippen molar-refractivity contribution in [1.29, 1.82) is 0 Å². The predicted octanol–water partition coefficient (Wildman–Crippen LogP) is 3.64. The fourth-order valence-electron chi connectivity index (χ4n) is 1.44. The van der Waals surface area contributed by atoms with Crippen molar-refractivity contribution in [2.24, 2.45) is 0 Å². The monoisotopic (exact) mass is 366 g/mol. The third-order valence-corrected chi connectivity index (χ3v) is 5.31. The first-order chi connectivity index (χ1) is 10.8. The van der Waals surface area contributed by atoms with Gasteiger partial charge in [-0.25, -0.2) is 8.75 Å². The molecule has 0 spiro atoms. The zero-order valence-electron chi connectivity index (χ0n) is 13.6. The molecule has 0 aromatic heterocycles. The summed E-state index contributed by atoms with van der Waals surface area (Å²) in [6.07, 6.45) is 1.23. The highest BCUT2D eigenvalue weighted by Crippen LogP contribution is 2.49. The summed E-state index contributed by atoms with van der Waals surface area (Å²) in [7, 11) is -7.82. The first-order valence-electron chi connectivity index (χ1n) is 7.32. The number of benzene rings is 1. The quantitative estimate of drug-likeness (QED) is 0.336. The summed E-state index contributed by atoms with van der Waals surface area (Å²) in [5.41, 5.74) is 0.922. The second-order valence-electron chi connectivity index (χ2n) is 4.75. The van der Waals surface area contributed by atoms with Crippen LogP contribution in [0.25, 0.3) is 0 Å². The van der Waals surface area contributed by atoms with E-state index in [2.05, 4.69) is 0 Å². The van der Waals surface area contributed by atoms with E-state index in [0.29, 0.717) is 12.8 Å². The summed E-state index contributed by atoms with van der Waals surface area (Å²) >= 11 is 0. The van der Waals surface area contributed by atoms with Crippen LogP contribution in [0.4, 0.5) is 0 Å². The zero-order valence-corrected chi connectivity index (χ0v) is 15.3. The Balaban J connectivity index is 2.63. The third-order valence-electron chi connectivity index (χ3n) is 2.63. The molecule has 0 aliphatic rings. The van der Waals surface area contributed by atoms with E-state index in [1.54, 1.807) is 12.1 Å². The zero-order chi connectivity index (χ0) is 17.3. The van der Waals surface area contributed by atoms with E-state index in [-0.39, 0.29) is 18.1 Å². The molecule has 1 aromatic carbocycles. The van der Waals surface area contributed by atoms with Gasteiger partial charge in [-0.1, -0.05) is 31.5 Å². The lowest BCUT2D eigenvalue weighted by Crippen LogP contribution is -2.11. The van der Waals surface area contributed by atoms with Crippen LogP contribution in [-0.4, -0.2) is 28.4 Å². The minimum absolute atomic E-state index is 0.00881. The van der Waals surface area contributed by atoms with Gasteiger partial charge in [0.25, 0.3) is 10.1 Å². The molecule has 23 heavy (non-hydrogen) atoms. The summed E-state index contributed by atoms with van der Waals surface area (Å²) in [5.74, 6) is 0. The summed E-state index contributed by atoms with van der Waals surface area (Å²) in [5, 5.41) is 0. The van der Waals surface area contributed by atoms with E-state index < -0.39 is 24.7 Å². The lowest BCUT2D eigenvalue weighted by molar-refractivity contribution is 0.0535. The summed E-state index contributed by atoms with van der Waals surface area (Å²) in [4.78, 5) is -0.00881. The maximum atomic E-state index is 12.3. The maximum absolute atomic E-state index is 12.3. The fraction of sp³-hybridized carbons (Fsp3) is 0.571. The number of phosphoric ester groups is 1. The van der Waals surface area contributed by atoms with Crippen molar-refractivity contribution in [3.8, 4) is 0 Å². The topological polar surface area (TPSA) is 88.1 Å². The molecule has 0 N–H and O–H groups in total. The largest absolute Gasteiger partial charge is 0.476 e. The van der Waals surface area contributed by atoms with Crippen LogP contribution in [0.2, 0.25) is 0 Å². The summed E-state index contributed by atoms with van der Waals surface area (Å²) < 4.78 is 56.0. The van der Waals surface area contributed by atoms with Crippen LogP contribution in [0.5, 0.6) is 0 Å². The molecule has 0 amide bonds. The van der Waals surface area contributed by atoms with Crippen molar-refractivity contribution < 1.29 is 30.7 Å². The van der Waals surface area contributed by atoms with E-state index in [1.807, 2.05) is 20.8 Å². The number of rotatable bonds is 11. The van der Waals surface area contributed by atoms with E-state index in [1.165, 1.54) is 12.1 Å². The molecule has 0 unspecified atom stereocenters. The molecule has 0 atom stereocenters. The normalized spacial score (nSPS) is 12.5. The standard InChI is InChI=1S/C14H23O7PS/c1-4-10-18-22(15,19-11-5-2)20-12-21-23(16,17)14-8-6-13(3)7-9-14/h6-9H,4-5,10-12H2,1-3H3. The molecule has 1 aromatic rings. The van der Waals surface area contributed by atoms with Gasteiger partial charge in [-0.05, 0) is 31.9 Å². The molecule has 0 heterocycles. The van der Waals surface area contributed by atoms with Gasteiger partial charge in [0.1, 0.15) is 0 Å². The van der Waals surface area contributed by atoms with Crippen LogP contribution in [0, 0.1) is 6.92 Å². The van der Waals surface area contributed by atoms with Gasteiger partial charge in [-0.3, -0.25) is 13.6 Å². The third kappa shape index (κ3) is 7.12. The number of phosphoric acid groups is 1. The molecule has 0 bridgehead atoms. The van der Waals surface area contributed by atoms with Crippen LogP contribution < -0.4 is 0 Å². The molecular formula is C14H23O7PS. The molecular weight excluding hydrogens is 343 g/mol. The smallest absolute Gasteiger partial charge is 0.287 e. The average molecular weight is 366 g/mol. The Morgan fingerprint density at radius 1 is 0.957 bits per heavy atom. The molecule has 1 rings (SSSR count). The summed E-state index contributed by atoms with van der Waals surface area (Å²) in [6.45, 7) is 5.11. The Hall–Kier alpha value is -0.760.